The Morgan fingerprint density at radius 2 is 1.96 bits per heavy atom. The zero-order chi connectivity index (χ0) is 17.9. The molecule has 0 saturated heterocycles. The molecule has 0 atom stereocenters. The average Bonchev–Trinajstić information content (AvgIpc) is 2.54. The van der Waals surface area contributed by atoms with Crippen LogP contribution in [0, 0.1) is 0 Å². The lowest BCUT2D eigenvalue weighted by molar-refractivity contribution is 0.0527. The first-order valence-electron chi connectivity index (χ1n) is 8.49. The van der Waals surface area contributed by atoms with Crippen molar-refractivity contribution in [3.05, 3.63) is 47.1 Å². The Hall–Kier alpha value is -2.23. The highest BCUT2D eigenvalue weighted by Crippen LogP contribution is 2.21. The van der Waals surface area contributed by atoms with Crippen molar-refractivity contribution in [1.29, 1.82) is 0 Å². The summed E-state index contributed by atoms with van der Waals surface area (Å²) in [6, 6.07) is 5.62. The van der Waals surface area contributed by atoms with Crippen molar-refractivity contribution in [1.82, 2.24) is 0 Å². The minimum atomic E-state index is -0.302. The van der Waals surface area contributed by atoms with Gasteiger partial charge >= 0.3 is 5.97 Å². The third-order valence-electron chi connectivity index (χ3n) is 3.63. The lowest BCUT2D eigenvalue weighted by Gasteiger charge is -2.11. The van der Waals surface area contributed by atoms with Crippen LogP contribution < -0.4 is 10.6 Å². The van der Waals surface area contributed by atoms with Crippen LogP contribution in [0.5, 0.6) is 0 Å². The third kappa shape index (κ3) is 6.90. The largest absolute Gasteiger partial charge is 0.462 e. The van der Waals surface area contributed by atoms with E-state index in [1.807, 2.05) is 12.1 Å². The van der Waals surface area contributed by atoms with Crippen LogP contribution in [0.15, 0.2) is 41.5 Å². The molecule has 4 heteroatoms. The van der Waals surface area contributed by atoms with Crippen molar-refractivity contribution >= 4 is 17.3 Å². The monoisotopic (exact) mass is 330 g/mol. The fourth-order valence-corrected chi connectivity index (χ4v) is 2.28. The van der Waals surface area contributed by atoms with Gasteiger partial charge in [0.05, 0.1) is 17.9 Å². The number of carbonyl (C=O) groups is 1. The number of anilines is 2. The molecule has 0 aliphatic rings. The molecule has 4 nitrogen and oxygen atoms in total. The highest BCUT2D eigenvalue weighted by atomic mass is 16.5. The van der Waals surface area contributed by atoms with E-state index in [1.165, 1.54) is 11.1 Å². The number of esters is 1. The first-order chi connectivity index (χ1) is 11.5. The first kappa shape index (κ1) is 19.8. The first-order valence-corrected chi connectivity index (χ1v) is 8.49. The molecule has 1 aromatic rings. The summed E-state index contributed by atoms with van der Waals surface area (Å²) in [6.07, 6.45) is 6.63. The van der Waals surface area contributed by atoms with Crippen molar-refractivity contribution in [2.24, 2.45) is 0 Å². The Morgan fingerprint density at radius 3 is 2.58 bits per heavy atom. The van der Waals surface area contributed by atoms with Gasteiger partial charge in [-0.2, -0.15) is 0 Å². The molecule has 0 saturated carbocycles. The minimum Gasteiger partial charge on any atom is -0.462 e. The van der Waals surface area contributed by atoms with Gasteiger partial charge in [-0.25, -0.2) is 4.79 Å². The minimum absolute atomic E-state index is 0.302. The standard InChI is InChI=1S/C20H30N2O2/c1-6-24-20(23)18-11-10-17(14-19(18)21-5)22-13-12-16(4)9-7-8-15(2)3/h8,10-12,14,21-22H,6-7,9,13H2,1-5H3. The second kappa shape index (κ2) is 10.5. The van der Waals surface area contributed by atoms with E-state index in [0.717, 1.165) is 30.8 Å². The molecule has 0 aliphatic heterocycles. The Labute approximate surface area is 146 Å². The molecule has 24 heavy (non-hydrogen) atoms. The molecule has 0 heterocycles. The summed E-state index contributed by atoms with van der Waals surface area (Å²) in [7, 11) is 1.80. The molecule has 0 amide bonds. The molecular weight excluding hydrogens is 300 g/mol. The maximum atomic E-state index is 11.9. The number of ether oxygens (including phenoxy) is 1. The molecule has 0 spiro atoms. The SMILES string of the molecule is CCOC(=O)c1ccc(NCC=C(C)CCC=C(C)C)cc1NC. The maximum Gasteiger partial charge on any atom is 0.340 e. The van der Waals surface area contributed by atoms with E-state index in [2.05, 4.69) is 43.6 Å². The van der Waals surface area contributed by atoms with Gasteiger partial charge in [0.2, 0.25) is 0 Å². The summed E-state index contributed by atoms with van der Waals surface area (Å²) < 4.78 is 5.06. The van der Waals surface area contributed by atoms with Crippen molar-refractivity contribution in [3.8, 4) is 0 Å². The van der Waals surface area contributed by atoms with Crippen LogP contribution in [0.4, 0.5) is 11.4 Å². The predicted molar refractivity (Wildman–Crippen MR) is 103 cm³/mol. The third-order valence-corrected chi connectivity index (χ3v) is 3.63. The fourth-order valence-electron chi connectivity index (χ4n) is 2.28. The second-order valence-electron chi connectivity index (χ2n) is 5.98. The molecule has 1 aromatic carbocycles. The summed E-state index contributed by atoms with van der Waals surface area (Å²) in [4.78, 5) is 11.9. The van der Waals surface area contributed by atoms with Gasteiger partial charge in [-0.3, -0.25) is 0 Å². The van der Waals surface area contributed by atoms with E-state index in [4.69, 9.17) is 4.74 Å². The Bertz CT molecular complexity index is 600. The van der Waals surface area contributed by atoms with Crippen LogP contribution in [0.3, 0.4) is 0 Å². The van der Waals surface area contributed by atoms with E-state index in [-0.39, 0.29) is 5.97 Å². The second-order valence-corrected chi connectivity index (χ2v) is 5.98. The van der Waals surface area contributed by atoms with Crippen molar-refractivity contribution in [3.63, 3.8) is 0 Å². The number of benzene rings is 1. The lowest BCUT2D eigenvalue weighted by atomic mass is 10.1. The molecular formula is C20H30N2O2. The van der Waals surface area contributed by atoms with Gasteiger partial charge in [0.1, 0.15) is 0 Å². The molecule has 132 valence electrons. The molecule has 1 rings (SSSR count). The summed E-state index contributed by atoms with van der Waals surface area (Å²) in [5.74, 6) is -0.302. The molecule has 0 unspecified atom stereocenters. The Kier molecular flexibility index (Phi) is 8.69. The number of allylic oxidation sites excluding steroid dienone is 3. The van der Waals surface area contributed by atoms with Crippen LogP contribution in [0.2, 0.25) is 0 Å². The quantitative estimate of drug-likeness (QED) is 0.493. The average molecular weight is 330 g/mol. The summed E-state index contributed by atoms with van der Waals surface area (Å²) in [5.41, 5.74) is 5.03. The van der Waals surface area contributed by atoms with Crippen LogP contribution in [-0.4, -0.2) is 26.2 Å². The number of rotatable bonds is 9. The van der Waals surface area contributed by atoms with E-state index >= 15 is 0 Å². The van der Waals surface area contributed by atoms with Crippen molar-refractivity contribution in [2.45, 2.75) is 40.5 Å². The molecule has 0 aliphatic carbocycles. The number of hydrogen-bond donors (Lipinski definition) is 2. The van der Waals surface area contributed by atoms with E-state index in [1.54, 1.807) is 20.0 Å². The topological polar surface area (TPSA) is 50.4 Å². The summed E-state index contributed by atoms with van der Waals surface area (Å²) in [6.45, 7) is 9.35. The van der Waals surface area contributed by atoms with Crippen LogP contribution in [0.25, 0.3) is 0 Å². The van der Waals surface area contributed by atoms with Crippen LogP contribution >= 0.6 is 0 Å². The predicted octanol–water partition coefficient (Wildman–Crippen LogP) is 5.01. The summed E-state index contributed by atoms with van der Waals surface area (Å²) in [5, 5.41) is 6.41. The highest BCUT2D eigenvalue weighted by molar-refractivity contribution is 5.96. The number of carbonyl (C=O) groups excluding carboxylic acids is 1. The Morgan fingerprint density at radius 1 is 1.21 bits per heavy atom. The maximum absolute atomic E-state index is 11.9. The molecule has 0 aromatic heterocycles. The molecule has 0 radical (unpaired) electrons. The lowest BCUT2D eigenvalue weighted by Crippen LogP contribution is -2.09. The zero-order valence-electron chi connectivity index (χ0n) is 15.5. The van der Waals surface area contributed by atoms with Crippen LogP contribution in [-0.2, 0) is 4.74 Å². The van der Waals surface area contributed by atoms with Gasteiger partial charge in [0, 0.05) is 19.3 Å². The van der Waals surface area contributed by atoms with E-state index < -0.39 is 0 Å². The van der Waals surface area contributed by atoms with E-state index in [0.29, 0.717) is 12.2 Å². The molecule has 0 fully saturated rings. The van der Waals surface area contributed by atoms with Gasteiger partial charge in [-0.15, -0.1) is 0 Å². The highest BCUT2D eigenvalue weighted by Gasteiger charge is 2.11. The van der Waals surface area contributed by atoms with Crippen molar-refractivity contribution in [2.75, 3.05) is 30.8 Å². The van der Waals surface area contributed by atoms with Gasteiger partial charge in [0.15, 0.2) is 0 Å². The van der Waals surface area contributed by atoms with Gasteiger partial charge in [-0.1, -0.05) is 23.3 Å². The van der Waals surface area contributed by atoms with Gasteiger partial charge in [0.25, 0.3) is 0 Å². The van der Waals surface area contributed by atoms with Gasteiger partial charge < -0.3 is 15.4 Å². The fraction of sp³-hybridized carbons (Fsp3) is 0.450. The molecule has 2 N–H and O–H groups in total. The van der Waals surface area contributed by atoms with Gasteiger partial charge in [-0.05, 0) is 58.7 Å². The van der Waals surface area contributed by atoms with E-state index in [9.17, 15) is 4.79 Å². The number of nitrogens with one attached hydrogen (secondary N) is 2. The molecule has 0 bridgehead atoms. The normalized spacial score (nSPS) is 11.0. The zero-order valence-corrected chi connectivity index (χ0v) is 15.5. The smallest absolute Gasteiger partial charge is 0.340 e. The summed E-state index contributed by atoms with van der Waals surface area (Å²) >= 11 is 0. The van der Waals surface area contributed by atoms with Crippen molar-refractivity contribution < 1.29 is 9.53 Å². The Balaban J connectivity index is 2.62. The van der Waals surface area contributed by atoms with Crippen LogP contribution in [0.1, 0.15) is 50.9 Å². The number of hydrogen-bond acceptors (Lipinski definition) is 4.